The minimum atomic E-state index is 0.917. The van der Waals surface area contributed by atoms with Crippen molar-refractivity contribution in [3.63, 3.8) is 0 Å². The second-order valence-electron chi connectivity index (χ2n) is 5.14. The molecule has 0 aromatic heterocycles. The van der Waals surface area contributed by atoms with Crippen LogP contribution in [0.1, 0.15) is 30.5 Å². The van der Waals surface area contributed by atoms with Gasteiger partial charge in [-0.25, -0.2) is 0 Å². The minimum Gasteiger partial charge on any atom is -0.398 e. The van der Waals surface area contributed by atoms with Crippen molar-refractivity contribution in [2.45, 2.75) is 26.8 Å². The van der Waals surface area contributed by atoms with Gasteiger partial charge in [-0.05, 0) is 48.2 Å². The van der Waals surface area contributed by atoms with Gasteiger partial charge in [0.05, 0.1) is 0 Å². The van der Waals surface area contributed by atoms with Crippen LogP contribution in [0.4, 0.5) is 5.69 Å². The third kappa shape index (κ3) is 2.86. The van der Waals surface area contributed by atoms with Gasteiger partial charge >= 0.3 is 0 Å². The summed E-state index contributed by atoms with van der Waals surface area (Å²) in [6.45, 7) is 11.2. The van der Waals surface area contributed by atoms with E-state index in [1.165, 1.54) is 22.3 Å². The van der Waals surface area contributed by atoms with Gasteiger partial charge in [0.25, 0.3) is 0 Å². The lowest BCUT2D eigenvalue weighted by Gasteiger charge is -2.30. The number of allylic oxidation sites excluding steroid dienone is 5. The van der Waals surface area contributed by atoms with Crippen LogP contribution in [0.3, 0.4) is 0 Å². The Morgan fingerprint density at radius 1 is 1.40 bits per heavy atom. The first-order valence-electron chi connectivity index (χ1n) is 7.29. The number of hydrogen-bond donors (Lipinski definition) is 1. The predicted octanol–water partition coefficient (Wildman–Crippen LogP) is 3.79. The molecule has 106 valence electrons. The molecule has 1 aromatic carbocycles. The van der Waals surface area contributed by atoms with Crippen LogP contribution in [0.2, 0.25) is 0 Å². The summed E-state index contributed by atoms with van der Waals surface area (Å²) >= 11 is 0. The second-order valence-corrected chi connectivity index (χ2v) is 5.14. The van der Waals surface area contributed by atoms with Crippen molar-refractivity contribution in [2.75, 3.05) is 18.8 Å². The lowest BCUT2D eigenvalue weighted by molar-refractivity contribution is 0.268. The van der Waals surface area contributed by atoms with Gasteiger partial charge in [-0.1, -0.05) is 43.9 Å². The zero-order chi connectivity index (χ0) is 14.5. The van der Waals surface area contributed by atoms with Gasteiger partial charge in [0.15, 0.2) is 0 Å². The predicted molar refractivity (Wildman–Crippen MR) is 88.5 cm³/mol. The quantitative estimate of drug-likeness (QED) is 0.665. The number of likely N-dealkylation sites (N-methyl/N-ethyl adjacent to an activating group) is 1. The number of anilines is 1. The van der Waals surface area contributed by atoms with E-state index in [-0.39, 0.29) is 0 Å². The molecule has 2 rings (SSSR count). The fourth-order valence-corrected chi connectivity index (χ4v) is 2.84. The van der Waals surface area contributed by atoms with Gasteiger partial charge in [0.1, 0.15) is 0 Å². The van der Waals surface area contributed by atoms with E-state index in [4.69, 9.17) is 5.73 Å². The highest BCUT2D eigenvalue weighted by Gasteiger charge is 2.20. The molecule has 1 aromatic rings. The Kier molecular flexibility index (Phi) is 4.80. The van der Waals surface area contributed by atoms with Crippen LogP contribution in [0, 0.1) is 0 Å². The van der Waals surface area contributed by atoms with Crippen molar-refractivity contribution in [1.29, 1.82) is 0 Å². The number of benzene rings is 1. The zero-order valence-corrected chi connectivity index (χ0v) is 12.5. The highest BCUT2D eigenvalue weighted by molar-refractivity contribution is 5.79. The van der Waals surface area contributed by atoms with Crippen LogP contribution in [0.25, 0.3) is 5.57 Å². The van der Waals surface area contributed by atoms with E-state index in [2.05, 4.69) is 42.7 Å². The number of nitrogen functional groups attached to an aromatic ring is 1. The third-order valence-electron chi connectivity index (χ3n) is 3.93. The van der Waals surface area contributed by atoms with E-state index in [1.54, 1.807) is 0 Å². The maximum atomic E-state index is 6.19. The van der Waals surface area contributed by atoms with Crippen molar-refractivity contribution >= 4 is 11.3 Å². The average molecular weight is 268 g/mol. The van der Waals surface area contributed by atoms with Crippen LogP contribution in [-0.2, 0) is 13.0 Å². The average Bonchev–Trinajstić information content (AvgIpc) is 2.47. The summed E-state index contributed by atoms with van der Waals surface area (Å²) in [7, 11) is 0. The standard InChI is InChI=1S/C18H24N2/c1-4-7-14(8-5-2)15-9-10-18(19)17-13-20(6-3)12-11-16(15)17/h4-5,7-10H,1,6,11-13,19H2,2-3H3/b8-5-,14-7+. The van der Waals surface area contributed by atoms with E-state index < -0.39 is 0 Å². The highest BCUT2D eigenvalue weighted by atomic mass is 15.1. The van der Waals surface area contributed by atoms with Crippen LogP contribution in [-0.4, -0.2) is 18.0 Å². The highest BCUT2D eigenvalue weighted by Crippen LogP contribution is 2.31. The molecule has 2 N–H and O–H groups in total. The molecule has 0 bridgehead atoms. The summed E-state index contributed by atoms with van der Waals surface area (Å²) in [5.74, 6) is 0. The summed E-state index contributed by atoms with van der Waals surface area (Å²) in [6.07, 6.45) is 9.19. The van der Waals surface area contributed by atoms with Crippen molar-refractivity contribution in [1.82, 2.24) is 4.90 Å². The largest absolute Gasteiger partial charge is 0.398 e. The van der Waals surface area contributed by atoms with Gasteiger partial charge in [0, 0.05) is 18.8 Å². The van der Waals surface area contributed by atoms with E-state index in [9.17, 15) is 0 Å². The number of nitrogens with two attached hydrogens (primary N) is 1. The van der Waals surface area contributed by atoms with E-state index in [0.717, 1.165) is 31.7 Å². The van der Waals surface area contributed by atoms with Crippen LogP contribution in [0.15, 0.2) is 43.0 Å². The molecule has 0 saturated heterocycles. The molecule has 2 heteroatoms. The fraction of sp³-hybridized carbons (Fsp3) is 0.333. The molecular weight excluding hydrogens is 244 g/mol. The Bertz CT molecular complexity index is 553. The van der Waals surface area contributed by atoms with Crippen molar-refractivity contribution in [2.24, 2.45) is 0 Å². The van der Waals surface area contributed by atoms with Gasteiger partial charge in [0.2, 0.25) is 0 Å². The summed E-state index contributed by atoms with van der Waals surface area (Å²) in [6, 6.07) is 4.18. The van der Waals surface area contributed by atoms with Gasteiger partial charge in [-0.15, -0.1) is 0 Å². The summed E-state index contributed by atoms with van der Waals surface area (Å²) in [4.78, 5) is 2.44. The molecule has 0 atom stereocenters. The van der Waals surface area contributed by atoms with Crippen LogP contribution in [0.5, 0.6) is 0 Å². The molecule has 0 amide bonds. The second kappa shape index (κ2) is 6.58. The molecular formula is C18H24N2. The molecule has 1 heterocycles. The van der Waals surface area contributed by atoms with E-state index >= 15 is 0 Å². The molecule has 0 fully saturated rings. The lowest BCUT2D eigenvalue weighted by Crippen LogP contribution is -2.31. The van der Waals surface area contributed by atoms with Crippen molar-refractivity contribution < 1.29 is 0 Å². The number of rotatable bonds is 4. The number of hydrogen-bond acceptors (Lipinski definition) is 2. The normalized spacial score (nSPS) is 16.4. The van der Waals surface area contributed by atoms with Gasteiger partial charge in [-0.2, -0.15) is 0 Å². The first kappa shape index (κ1) is 14.6. The van der Waals surface area contributed by atoms with E-state index in [1.807, 2.05) is 19.1 Å². The molecule has 1 aliphatic rings. The summed E-state index contributed by atoms with van der Waals surface area (Å²) in [5.41, 5.74) is 12.3. The molecule has 0 aliphatic carbocycles. The maximum absolute atomic E-state index is 6.19. The van der Waals surface area contributed by atoms with Gasteiger partial charge < -0.3 is 5.73 Å². The summed E-state index contributed by atoms with van der Waals surface area (Å²) < 4.78 is 0. The Labute approximate surface area is 122 Å². The zero-order valence-electron chi connectivity index (χ0n) is 12.5. The monoisotopic (exact) mass is 268 g/mol. The smallest absolute Gasteiger partial charge is 0.0362 e. The fourth-order valence-electron chi connectivity index (χ4n) is 2.84. The van der Waals surface area contributed by atoms with E-state index in [0.29, 0.717) is 0 Å². The maximum Gasteiger partial charge on any atom is 0.0362 e. The first-order chi connectivity index (χ1) is 9.71. The molecule has 0 unspecified atom stereocenters. The van der Waals surface area contributed by atoms with Crippen molar-refractivity contribution in [3.05, 3.63) is 59.7 Å². The number of nitrogens with zero attached hydrogens (tertiary/aromatic N) is 1. The van der Waals surface area contributed by atoms with Gasteiger partial charge in [-0.3, -0.25) is 4.90 Å². The summed E-state index contributed by atoms with van der Waals surface area (Å²) in [5, 5.41) is 0. The molecule has 0 radical (unpaired) electrons. The number of fused-ring (bicyclic) bond motifs is 1. The molecule has 1 aliphatic heterocycles. The Morgan fingerprint density at radius 3 is 2.85 bits per heavy atom. The SMILES string of the molecule is C=C/C=C(\C=C/C)c1ccc(N)c2c1CCN(CC)C2. The van der Waals surface area contributed by atoms with Crippen molar-refractivity contribution in [3.8, 4) is 0 Å². The molecule has 2 nitrogen and oxygen atoms in total. The van der Waals surface area contributed by atoms with Crippen LogP contribution < -0.4 is 5.73 Å². The minimum absolute atomic E-state index is 0.917. The molecule has 0 saturated carbocycles. The Morgan fingerprint density at radius 2 is 2.20 bits per heavy atom. The molecule has 0 spiro atoms. The topological polar surface area (TPSA) is 29.3 Å². The lowest BCUT2D eigenvalue weighted by atomic mass is 9.89. The Hall–Kier alpha value is -1.80. The third-order valence-corrected chi connectivity index (χ3v) is 3.93. The van der Waals surface area contributed by atoms with Crippen LogP contribution >= 0.6 is 0 Å². The molecule has 20 heavy (non-hydrogen) atoms. The Balaban J connectivity index is 2.51. The first-order valence-corrected chi connectivity index (χ1v) is 7.29.